The molecule has 0 aliphatic carbocycles. The number of nitrogens with one attached hydrogen (secondary N) is 3. The van der Waals surface area contributed by atoms with E-state index in [1.54, 1.807) is 0 Å². The maximum atomic E-state index is 5.26. The molecule has 0 amide bonds. The number of imidazole rings is 1. The van der Waals surface area contributed by atoms with Gasteiger partial charge in [0.15, 0.2) is 5.11 Å². The zero-order chi connectivity index (χ0) is 14.5. The predicted molar refractivity (Wildman–Crippen MR) is 90.5 cm³/mol. The molecule has 2 aromatic carbocycles. The highest BCUT2D eigenvalue weighted by Crippen LogP contribution is 2.10. The van der Waals surface area contributed by atoms with Crippen molar-refractivity contribution in [3.8, 4) is 0 Å². The van der Waals surface area contributed by atoms with E-state index in [-0.39, 0.29) is 0 Å². The van der Waals surface area contributed by atoms with Crippen molar-refractivity contribution in [3.05, 3.63) is 60.4 Å². The molecule has 1 heterocycles. The monoisotopic (exact) mass is 296 g/mol. The molecule has 0 spiro atoms. The number of aromatic nitrogens is 2. The minimum Gasteiger partial charge on any atom is -0.362 e. The highest BCUT2D eigenvalue weighted by molar-refractivity contribution is 7.80. The van der Waals surface area contributed by atoms with Gasteiger partial charge >= 0.3 is 0 Å². The fourth-order valence-electron chi connectivity index (χ4n) is 2.12. The number of nitrogens with zero attached hydrogens (tertiary/aromatic N) is 1. The minimum absolute atomic E-state index is 0.623. The number of thiocarbonyl (C=S) groups is 1. The standard InChI is InChI=1S/C16H16N4S/c21-16(18-12-6-2-1-3-7-12)17-11-10-15-19-13-8-4-5-9-14(13)20-15/h1-9H,10-11H2,(H,19,20)(H2,17,18,21). The van der Waals surface area contributed by atoms with E-state index < -0.39 is 0 Å². The van der Waals surface area contributed by atoms with Crippen molar-refractivity contribution in [2.75, 3.05) is 11.9 Å². The molecule has 3 rings (SSSR count). The lowest BCUT2D eigenvalue weighted by atomic mass is 10.3. The van der Waals surface area contributed by atoms with Crippen molar-refractivity contribution in [3.63, 3.8) is 0 Å². The molecule has 5 heteroatoms. The number of para-hydroxylation sites is 3. The first kappa shape index (κ1) is 13.6. The second-order valence-corrected chi connectivity index (χ2v) is 5.11. The van der Waals surface area contributed by atoms with Crippen LogP contribution in [0.3, 0.4) is 0 Å². The maximum absolute atomic E-state index is 5.26. The Hall–Kier alpha value is -2.40. The second-order valence-electron chi connectivity index (χ2n) is 4.70. The van der Waals surface area contributed by atoms with Gasteiger partial charge in [-0.2, -0.15) is 0 Å². The first-order valence-electron chi connectivity index (χ1n) is 6.85. The van der Waals surface area contributed by atoms with Crippen LogP contribution in [0.15, 0.2) is 54.6 Å². The van der Waals surface area contributed by atoms with Crippen LogP contribution < -0.4 is 10.6 Å². The van der Waals surface area contributed by atoms with Gasteiger partial charge in [0.05, 0.1) is 11.0 Å². The fourth-order valence-corrected chi connectivity index (χ4v) is 2.34. The molecule has 0 saturated carbocycles. The van der Waals surface area contributed by atoms with Gasteiger partial charge in [0.2, 0.25) is 0 Å². The normalized spacial score (nSPS) is 10.5. The minimum atomic E-state index is 0.623. The SMILES string of the molecule is S=C(NCCc1nc2ccccc2[nH]1)Nc1ccccc1. The Morgan fingerprint density at radius 3 is 2.62 bits per heavy atom. The van der Waals surface area contributed by atoms with Gasteiger partial charge in [-0.15, -0.1) is 0 Å². The van der Waals surface area contributed by atoms with E-state index in [0.29, 0.717) is 5.11 Å². The van der Waals surface area contributed by atoms with Crippen molar-refractivity contribution in [1.82, 2.24) is 15.3 Å². The number of benzene rings is 2. The third-order valence-corrected chi connectivity index (χ3v) is 3.36. The number of hydrogen-bond acceptors (Lipinski definition) is 2. The summed E-state index contributed by atoms with van der Waals surface area (Å²) in [6.45, 7) is 0.735. The van der Waals surface area contributed by atoms with Gasteiger partial charge < -0.3 is 15.6 Å². The molecule has 0 aliphatic rings. The van der Waals surface area contributed by atoms with Crippen LogP contribution in [0.5, 0.6) is 0 Å². The summed E-state index contributed by atoms with van der Waals surface area (Å²) in [5.41, 5.74) is 3.05. The summed E-state index contributed by atoms with van der Waals surface area (Å²) in [6.07, 6.45) is 0.797. The number of aromatic amines is 1. The molecule has 0 bridgehead atoms. The van der Waals surface area contributed by atoms with Crippen LogP contribution in [-0.4, -0.2) is 21.6 Å². The molecule has 3 N–H and O–H groups in total. The van der Waals surface area contributed by atoms with Crippen molar-refractivity contribution in [2.24, 2.45) is 0 Å². The molecule has 0 radical (unpaired) electrons. The van der Waals surface area contributed by atoms with Gasteiger partial charge in [-0.1, -0.05) is 30.3 Å². The summed E-state index contributed by atoms with van der Waals surface area (Å²) in [4.78, 5) is 7.84. The van der Waals surface area contributed by atoms with E-state index in [9.17, 15) is 0 Å². The molecule has 0 saturated heterocycles. The van der Waals surface area contributed by atoms with E-state index in [4.69, 9.17) is 12.2 Å². The third kappa shape index (κ3) is 3.58. The predicted octanol–water partition coefficient (Wildman–Crippen LogP) is 3.09. The van der Waals surface area contributed by atoms with Crippen molar-refractivity contribution >= 4 is 34.1 Å². The zero-order valence-corrected chi connectivity index (χ0v) is 12.3. The van der Waals surface area contributed by atoms with E-state index >= 15 is 0 Å². The Labute approximate surface area is 128 Å². The van der Waals surface area contributed by atoms with Crippen LogP contribution in [-0.2, 0) is 6.42 Å². The molecular weight excluding hydrogens is 280 g/mol. The van der Waals surface area contributed by atoms with E-state index in [2.05, 4.69) is 20.6 Å². The third-order valence-electron chi connectivity index (χ3n) is 3.12. The van der Waals surface area contributed by atoms with Crippen LogP contribution in [0, 0.1) is 0 Å². The molecule has 0 atom stereocenters. The average Bonchev–Trinajstić information content (AvgIpc) is 2.91. The molecule has 3 aromatic rings. The van der Waals surface area contributed by atoms with E-state index in [1.165, 1.54) is 0 Å². The quantitative estimate of drug-likeness (QED) is 0.648. The Morgan fingerprint density at radius 1 is 1.05 bits per heavy atom. The van der Waals surface area contributed by atoms with E-state index in [0.717, 1.165) is 35.5 Å². The highest BCUT2D eigenvalue weighted by atomic mass is 32.1. The summed E-state index contributed by atoms with van der Waals surface area (Å²) >= 11 is 5.26. The Kier molecular flexibility index (Phi) is 4.12. The topological polar surface area (TPSA) is 52.7 Å². The summed E-state index contributed by atoms with van der Waals surface area (Å²) in [5.74, 6) is 0.964. The van der Waals surface area contributed by atoms with Crippen LogP contribution in [0.25, 0.3) is 11.0 Å². The Balaban J connectivity index is 1.50. The van der Waals surface area contributed by atoms with Crippen LogP contribution >= 0.6 is 12.2 Å². The van der Waals surface area contributed by atoms with Crippen LogP contribution in [0.1, 0.15) is 5.82 Å². The molecule has 0 unspecified atom stereocenters. The summed E-state index contributed by atoms with van der Waals surface area (Å²) in [5, 5.41) is 6.95. The van der Waals surface area contributed by atoms with Gasteiger partial charge in [-0.25, -0.2) is 4.98 Å². The van der Waals surface area contributed by atoms with Crippen molar-refractivity contribution < 1.29 is 0 Å². The van der Waals surface area contributed by atoms with Crippen molar-refractivity contribution in [1.29, 1.82) is 0 Å². The molecule has 0 fully saturated rings. The molecule has 0 aliphatic heterocycles. The summed E-state index contributed by atoms with van der Waals surface area (Å²) in [7, 11) is 0. The van der Waals surface area contributed by atoms with Gasteiger partial charge in [-0.05, 0) is 36.5 Å². The summed E-state index contributed by atoms with van der Waals surface area (Å²) < 4.78 is 0. The lowest BCUT2D eigenvalue weighted by Crippen LogP contribution is -2.30. The molecule has 21 heavy (non-hydrogen) atoms. The van der Waals surface area contributed by atoms with Gasteiger partial charge in [-0.3, -0.25) is 0 Å². The lowest BCUT2D eigenvalue weighted by Gasteiger charge is -2.09. The lowest BCUT2D eigenvalue weighted by molar-refractivity contribution is 0.832. The highest BCUT2D eigenvalue weighted by Gasteiger charge is 2.02. The maximum Gasteiger partial charge on any atom is 0.170 e. The molecular formula is C16H16N4S. The first-order chi connectivity index (χ1) is 10.3. The number of fused-ring (bicyclic) bond motifs is 1. The smallest absolute Gasteiger partial charge is 0.170 e. The first-order valence-corrected chi connectivity index (χ1v) is 7.25. The molecule has 106 valence electrons. The van der Waals surface area contributed by atoms with Crippen LogP contribution in [0.2, 0.25) is 0 Å². The largest absolute Gasteiger partial charge is 0.362 e. The average molecular weight is 296 g/mol. The number of hydrogen-bond donors (Lipinski definition) is 3. The van der Waals surface area contributed by atoms with Gasteiger partial charge in [0, 0.05) is 18.7 Å². The van der Waals surface area contributed by atoms with Crippen LogP contribution in [0.4, 0.5) is 5.69 Å². The zero-order valence-electron chi connectivity index (χ0n) is 11.5. The fraction of sp³-hybridized carbons (Fsp3) is 0.125. The Morgan fingerprint density at radius 2 is 1.81 bits per heavy atom. The van der Waals surface area contributed by atoms with Gasteiger partial charge in [0.25, 0.3) is 0 Å². The molecule has 1 aromatic heterocycles. The number of H-pyrrole nitrogens is 1. The molecule has 4 nitrogen and oxygen atoms in total. The number of anilines is 1. The van der Waals surface area contributed by atoms with Gasteiger partial charge in [0.1, 0.15) is 5.82 Å². The number of rotatable bonds is 4. The second kappa shape index (κ2) is 6.37. The summed E-state index contributed by atoms with van der Waals surface area (Å²) in [6, 6.07) is 17.9. The van der Waals surface area contributed by atoms with Crippen molar-refractivity contribution in [2.45, 2.75) is 6.42 Å². The Bertz CT molecular complexity index is 703. The van der Waals surface area contributed by atoms with E-state index in [1.807, 2.05) is 54.6 Å².